The van der Waals surface area contributed by atoms with E-state index in [1.54, 1.807) is 4.31 Å². The van der Waals surface area contributed by atoms with Gasteiger partial charge in [-0.25, -0.2) is 22.7 Å². The van der Waals surface area contributed by atoms with E-state index in [2.05, 4.69) is 42.9 Å². The summed E-state index contributed by atoms with van der Waals surface area (Å²) >= 11 is 0. The zero-order chi connectivity index (χ0) is 25.1. The number of aromatic nitrogens is 5. The molecule has 37 heavy (non-hydrogen) atoms. The van der Waals surface area contributed by atoms with Gasteiger partial charge in [-0.1, -0.05) is 12.1 Å². The molecule has 0 radical (unpaired) electrons. The molecule has 1 aromatic carbocycles. The number of morpholine rings is 1. The molecule has 11 nitrogen and oxygen atoms in total. The fourth-order valence-corrected chi connectivity index (χ4v) is 7.02. The highest BCUT2D eigenvalue weighted by Crippen LogP contribution is 2.34. The molecule has 7 rings (SSSR count). The molecule has 3 fully saturated rings. The van der Waals surface area contributed by atoms with Crippen molar-refractivity contribution in [3.8, 4) is 11.3 Å². The third-order valence-electron chi connectivity index (χ3n) is 7.92. The van der Waals surface area contributed by atoms with Gasteiger partial charge in [0.2, 0.25) is 10.0 Å². The summed E-state index contributed by atoms with van der Waals surface area (Å²) in [5.41, 5.74) is 4.73. The molecule has 0 bridgehead atoms. The predicted octanol–water partition coefficient (Wildman–Crippen LogP) is 1.43. The Morgan fingerprint density at radius 2 is 1.84 bits per heavy atom. The molecule has 3 saturated heterocycles. The summed E-state index contributed by atoms with van der Waals surface area (Å²) in [6, 6.07) is 6.11. The van der Waals surface area contributed by atoms with E-state index in [9.17, 15) is 8.42 Å². The standard InChI is InChI=1S/C25H30N8O3S/c1-37(34,35)33-12-17-10-30(11-18(17)13-33)14-19-15-32-16-23(20-3-2-4-22-21(20)9-26-29-22)28-25(24(32)27-19)31-5-7-36-8-6-31/h2-4,9,15-18H,5-8,10-14H2,1H3,(H,26,29). The van der Waals surface area contributed by atoms with E-state index in [0.29, 0.717) is 38.1 Å². The van der Waals surface area contributed by atoms with Crippen LogP contribution in [0.15, 0.2) is 36.8 Å². The average molecular weight is 523 g/mol. The molecule has 0 amide bonds. The van der Waals surface area contributed by atoms with Crippen LogP contribution in [0.1, 0.15) is 5.69 Å². The van der Waals surface area contributed by atoms with Gasteiger partial charge in [0, 0.05) is 69.2 Å². The number of sulfonamides is 1. The highest BCUT2D eigenvalue weighted by Gasteiger charge is 2.42. The van der Waals surface area contributed by atoms with E-state index in [4.69, 9.17) is 14.7 Å². The number of aromatic amines is 1. The number of ether oxygens (including phenoxy) is 1. The SMILES string of the molecule is CS(=O)(=O)N1CC2CN(Cc3cn4cc(-c5cccc6[nH]ncc56)nc(N5CCOCC5)c4n3)CC2C1. The van der Waals surface area contributed by atoms with E-state index in [1.807, 2.05) is 18.3 Å². The Labute approximate surface area is 215 Å². The first kappa shape index (κ1) is 23.1. The Balaban J connectivity index is 1.21. The number of likely N-dealkylation sites (tertiary alicyclic amines) is 1. The normalized spacial score (nSPS) is 23.4. The van der Waals surface area contributed by atoms with E-state index < -0.39 is 10.0 Å². The van der Waals surface area contributed by atoms with Crippen molar-refractivity contribution in [1.82, 2.24) is 33.8 Å². The number of nitrogens with one attached hydrogen (secondary N) is 1. The van der Waals surface area contributed by atoms with Gasteiger partial charge in [-0.3, -0.25) is 10.00 Å². The second kappa shape index (κ2) is 8.76. The first-order chi connectivity index (χ1) is 17.9. The molecule has 3 aromatic heterocycles. The summed E-state index contributed by atoms with van der Waals surface area (Å²) in [5, 5.41) is 8.31. The number of imidazole rings is 1. The Morgan fingerprint density at radius 3 is 2.59 bits per heavy atom. The molecule has 4 aromatic rings. The van der Waals surface area contributed by atoms with E-state index in [0.717, 1.165) is 72.0 Å². The maximum atomic E-state index is 12.0. The van der Waals surface area contributed by atoms with Gasteiger partial charge in [-0.2, -0.15) is 5.10 Å². The maximum absolute atomic E-state index is 12.0. The average Bonchev–Trinajstić information content (AvgIpc) is 3.65. The number of fused-ring (bicyclic) bond motifs is 3. The summed E-state index contributed by atoms with van der Waals surface area (Å²) in [7, 11) is -3.12. The zero-order valence-electron chi connectivity index (χ0n) is 20.7. The van der Waals surface area contributed by atoms with E-state index >= 15 is 0 Å². The lowest BCUT2D eigenvalue weighted by Gasteiger charge is -2.28. The molecule has 0 saturated carbocycles. The van der Waals surface area contributed by atoms with Crippen molar-refractivity contribution < 1.29 is 13.2 Å². The number of rotatable bonds is 5. The lowest BCUT2D eigenvalue weighted by molar-refractivity contribution is 0.122. The molecule has 2 unspecified atom stereocenters. The molecule has 0 aliphatic carbocycles. The van der Waals surface area contributed by atoms with Gasteiger partial charge in [0.05, 0.1) is 42.6 Å². The number of H-pyrrole nitrogens is 1. The van der Waals surface area contributed by atoms with Gasteiger partial charge in [0.1, 0.15) is 0 Å². The first-order valence-corrected chi connectivity index (χ1v) is 14.6. The molecular weight excluding hydrogens is 492 g/mol. The molecule has 1 N–H and O–H groups in total. The second-order valence-electron chi connectivity index (χ2n) is 10.4. The maximum Gasteiger partial charge on any atom is 0.211 e. The van der Waals surface area contributed by atoms with Crippen molar-refractivity contribution in [2.45, 2.75) is 6.54 Å². The smallest absolute Gasteiger partial charge is 0.211 e. The Morgan fingerprint density at radius 1 is 1.05 bits per heavy atom. The number of nitrogens with zero attached hydrogens (tertiary/aromatic N) is 7. The van der Waals surface area contributed by atoms with Crippen LogP contribution in [0.3, 0.4) is 0 Å². The Kier molecular flexibility index (Phi) is 5.47. The number of benzene rings is 1. The largest absolute Gasteiger partial charge is 0.378 e. The Hall–Kier alpha value is -3.06. The number of hydrogen-bond donors (Lipinski definition) is 1. The van der Waals surface area contributed by atoms with Crippen LogP contribution in [0, 0.1) is 11.8 Å². The predicted molar refractivity (Wildman–Crippen MR) is 140 cm³/mol. The fraction of sp³-hybridized carbons (Fsp3) is 0.480. The van der Waals surface area contributed by atoms with E-state index in [-0.39, 0.29) is 0 Å². The second-order valence-corrected chi connectivity index (χ2v) is 12.4. The van der Waals surface area contributed by atoms with Gasteiger partial charge in [0.15, 0.2) is 11.5 Å². The van der Waals surface area contributed by atoms with Gasteiger partial charge >= 0.3 is 0 Å². The van der Waals surface area contributed by atoms with Crippen LogP contribution in [0.4, 0.5) is 5.82 Å². The minimum atomic E-state index is -3.12. The van der Waals surface area contributed by atoms with Crippen molar-refractivity contribution in [3.63, 3.8) is 0 Å². The monoisotopic (exact) mass is 522 g/mol. The van der Waals surface area contributed by atoms with Crippen LogP contribution in [-0.2, 0) is 21.3 Å². The highest BCUT2D eigenvalue weighted by molar-refractivity contribution is 7.88. The summed E-state index contributed by atoms with van der Waals surface area (Å²) in [6.07, 6.45) is 7.32. The van der Waals surface area contributed by atoms with Gasteiger partial charge in [-0.15, -0.1) is 0 Å². The first-order valence-electron chi connectivity index (χ1n) is 12.7. The van der Waals surface area contributed by atoms with Crippen LogP contribution in [0.2, 0.25) is 0 Å². The van der Waals surface area contributed by atoms with Crippen molar-refractivity contribution in [1.29, 1.82) is 0 Å². The van der Waals surface area contributed by atoms with Gasteiger partial charge < -0.3 is 14.0 Å². The van der Waals surface area contributed by atoms with Gasteiger partial charge in [-0.05, 0) is 17.9 Å². The van der Waals surface area contributed by atoms with Crippen LogP contribution in [0.5, 0.6) is 0 Å². The third-order valence-corrected chi connectivity index (χ3v) is 9.16. The van der Waals surface area contributed by atoms with Gasteiger partial charge in [0.25, 0.3) is 0 Å². The lowest BCUT2D eigenvalue weighted by atomic mass is 10.0. The molecule has 3 aliphatic rings. The minimum Gasteiger partial charge on any atom is -0.378 e. The lowest BCUT2D eigenvalue weighted by Crippen LogP contribution is -2.37. The Bertz CT molecular complexity index is 1560. The fourth-order valence-electron chi connectivity index (χ4n) is 6.09. The summed E-state index contributed by atoms with van der Waals surface area (Å²) in [6.45, 7) is 6.67. The number of anilines is 1. The molecule has 2 atom stereocenters. The molecule has 6 heterocycles. The van der Waals surface area contributed by atoms with Crippen molar-refractivity contribution in [2.75, 3.05) is 63.6 Å². The van der Waals surface area contributed by atoms with Crippen LogP contribution >= 0.6 is 0 Å². The van der Waals surface area contributed by atoms with Crippen LogP contribution < -0.4 is 4.90 Å². The highest BCUT2D eigenvalue weighted by atomic mass is 32.2. The molecule has 194 valence electrons. The third kappa shape index (κ3) is 4.17. The van der Waals surface area contributed by atoms with Crippen molar-refractivity contribution in [3.05, 3.63) is 42.5 Å². The summed E-state index contributed by atoms with van der Waals surface area (Å²) in [5.74, 6) is 1.65. The van der Waals surface area contributed by atoms with Crippen LogP contribution in [0.25, 0.3) is 27.8 Å². The van der Waals surface area contributed by atoms with Crippen molar-refractivity contribution >= 4 is 32.4 Å². The minimum absolute atomic E-state index is 0.388. The summed E-state index contributed by atoms with van der Waals surface area (Å²) < 4.78 is 33.3. The number of hydrogen-bond acceptors (Lipinski definition) is 8. The zero-order valence-corrected chi connectivity index (χ0v) is 21.6. The van der Waals surface area contributed by atoms with E-state index in [1.165, 1.54) is 6.26 Å². The molecular formula is C25H30N8O3S. The molecule has 0 spiro atoms. The summed E-state index contributed by atoms with van der Waals surface area (Å²) in [4.78, 5) is 14.8. The quantitative estimate of drug-likeness (QED) is 0.419. The molecule has 12 heteroatoms. The van der Waals surface area contributed by atoms with Crippen LogP contribution in [-0.4, -0.2) is 101 Å². The molecule has 3 aliphatic heterocycles. The topological polar surface area (TPSA) is 112 Å². The van der Waals surface area contributed by atoms with Crippen molar-refractivity contribution in [2.24, 2.45) is 11.8 Å².